The van der Waals surface area contributed by atoms with Crippen molar-refractivity contribution in [2.45, 2.75) is 50.1 Å². The van der Waals surface area contributed by atoms with E-state index in [9.17, 15) is 18.0 Å². The predicted octanol–water partition coefficient (Wildman–Crippen LogP) is 2.86. The number of carbonyl (C=O) groups is 1. The van der Waals surface area contributed by atoms with Crippen molar-refractivity contribution in [1.82, 2.24) is 19.1 Å². The number of hydrogen-bond acceptors (Lipinski definition) is 6. The first kappa shape index (κ1) is 22.8. The van der Waals surface area contributed by atoms with Gasteiger partial charge in [-0.3, -0.25) is 4.79 Å². The summed E-state index contributed by atoms with van der Waals surface area (Å²) < 4.78 is 33.7. The molecule has 2 aromatic heterocycles. The van der Waals surface area contributed by atoms with Gasteiger partial charge >= 0.3 is 5.97 Å². The number of rotatable bonds is 9. The normalized spacial score (nSPS) is 15.5. The molecule has 32 heavy (non-hydrogen) atoms. The van der Waals surface area contributed by atoms with Gasteiger partial charge in [0.25, 0.3) is 5.56 Å². The van der Waals surface area contributed by atoms with E-state index in [1.165, 1.54) is 22.6 Å². The summed E-state index contributed by atoms with van der Waals surface area (Å²) in [5, 5.41) is 0.792. The van der Waals surface area contributed by atoms with Crippen LogP contribution in [-0.4, -0.2) is 53.9 Å². The van der Waals surface area contributed by atoms with Crippen molar-refractivity contribution in [3.05, 3.63) is 40.3 Å². The van der Waals surface area contributed by atoms with Crippen molar-refractivity contribution in [2.75, 3.05) is 13.2 Å². The third kappa shape index (κ3) is 4.15. The Kier molecular flexibility index (Phi) is 6.30. The predicted molar refractivity (Wildman–Crippen MR) is 122 cm³/mol. The fourth-order valence-electron chi connectivity index (χ4n) is 3.75. The van der Waals surface area contributed by atoms with E-state index < -0.39 is 21.6 Å². The van der Waals surface area contributed by atoms with Gasteiger partial charge in [0.2, 0.25) is 10.0 Å². The molecule has 1 saturated carbocycles. The van der Waals surface area contributed by atoms with E-state index in [1.807, 2.05) is 6.92 Å². The molecule has 0 radical (unpaired) electrons. The molecule has 0 aliphatic heterocycles. The van der Waals surface area contributed by atoms with Crippen LogP contribution in [0.5, 0.6) is 0 Å². The molecule has 0 amide bonds. The van der Waals surface area contributed by atoms with E-state index >= 15 is 0 Å². The van der Waals surface area contributed by atoms with Crippen LogP contribution in [0.1, 0.15) is 43.5 Å². The Morgan fingerprint density at radius 3 is 2.78 bits per heavy atom. The average Bonchev–Trinajstić information content (AvgIpc) is 3.51. The second-order valence-electron chi connectivity index (χ2n) is 8.07. The molecule has 3 aromatic rings. The highest BCUT2D eigenvalue weighted by atomic mass is 35.5. The van der Waals surface area contributed by atoms with Crippen molar-refractivity contribution >= 4 is 49.6 Å². The molecule has 172 valence electrons. The molecule has 1 atom stereocenters. The number of sulfonamides is 1. The highest BCUT2D eigenvalue weighted by molar-refractivity contribution is 7.89. The van der Waals surface area contributed by atoms with Crippen LogP contribution in [0, 0.1) is 0 Å². The molecule has 3 N–H and O–H groups in total. The first-order chi connectivity index (χ1) is 15.3. The lowest BCUT2D eigenvalue weighted by molar-refractivity contribution is 0.0507. The first-order valence-corrected chi connectivity index (χ1v) is 12.3. The lowest BCUT2D eigenvalue weighted by Crippen LogP contribution is -2.41. The third-order valence-electron chi connectivity index (χ3n) is 5.47. The number of fused-ring (bicyclic) bond motifs is 3. The van der Waals surface area contributed by atoms with Gasteiger partial charge in [0, 0.05) is 41.1 Å². The number of halogens is 1. The number of pyridine rings is 1. The summed E-state index contributed by atoms with van der Waals surface area (Å²) in [6.45, 7) is 4.16. The van der Waals surface area contributed by atoms with Crippen molar-refractivity contribution in [2.24, 2.45) is 0 Å². The number of nitrogens with one attached hydrogen (secondary N) is 3. The van der Waals surface area contributed by atoms with Crippen molar-refractivity contribution in [1.29, 1.82) is 0 Å². The monoisotopic (exact) mass is 480 g/mol. The number of hydrogen-bond donors (Lipinski definition) is 3. The van der Waals surface area contributed by atoms with Crippen LogP contribution in [0.4, 0.5) is 0 Å². The molecule has 0 saturated heterocycles. The number of benzene rings is 1. The van der Waals surface area contributed by atoms with Crippen LogP contribution in [0.25, 0.3) is 21.8 Å². The van der Waals surface area contributed by atoms with Gasteiger partial charge in [0.1, 0.15) is 5.52 Å². The van der Waals surface area contributed by atoms with Crippen LogP contribution >= 0.6 is 11.8 Å². The maximum Gasteiger partial charge on any atom is 0.340 e. The second-order valence-corrected chi connectivity index (χ2v) is 10.2. The van der Waals surface area contributed by atoms with Crippen molar-refractivity contribution < 1.29 is 17.9 Å². The largest absolute Gasteiger partial charge is 0.462 e. The highest BCUT2D eigenvalue weighted by Crippen LogP contribution is 2.34. The zero-order valence-electron chi connectivity index (χ0n) is 17.8. The molecule has 1 aromatic carbocycles. The summed E-state index contributed by atoms with van der Waals surface area (Å²) in [6, 6.07) is 4.22. The maximum absolute atomic E-state index is 13.5. The minimum Gasteiger partial charge on any atom is -0.462 e. The first-order valence-electron chi connectivity index (χ1n) is 10.5. The fraction of sp³-hybridized carbons (Fsp3) is 0.429. The SMILES string of the molecule is CCCOC(=O)c1c[nH]c2c(=O)[nH]c3ccc(S(=O)(=O)N(C[C@@H](C)NCl)C4CC4)cc3c12. The van der Waals surface area contributed by atoms with Crippen molar-refractivity contribution in [3.63, 3.8) is 0 Å². The zero-order valence-corrected chi connectivity index (χ0v) is 19.3. The zero-order chi connectivity index (χ0) is 23.0. The summed E-state index contributed by atoms with van der Waals surface area (Å²) in [6.07, 6.45) is 3.67. The van der Waals surface area contributed by atoms with Crippen molar-refractivity contribution in [3.8, 4) is 0 Å². The van der Waals surface area contributed by atoms with Crippen LogP contribution in [0.3, 0.4) is 0 Å². The van der Waals surface area contributed by atoms with Gasteiger partial charge in [-0.05, 0) is 56.2 Å². The summed E-state index contributed by atoms with van der Waals surface area (Å²) in [4.78, 5) is 33.3. The Bertz CT molecular complexity index is 1330. The Hall–Kier alpha value is -2.40. The van der Waals surface area contributed by atoms with Crippen LogP contribution in [0.2, 0.25) is 0 Å². The van der Waals surface area contributed by atoms with Gasteiger partial charge in [0.05, 0.1) is 17.1 Å². The van der Waals surface area contributed by atoms with Gasteiger partial charge in [-0.15, -0.1) is 0 Å². The van der Waals surface area contributed by atoms with E-state index in [1.54, 1.807) is 13.0 Å². The molecule has 1 aliphatic rings. The van der Waals surface area contributed by atoms with E-state index in [-0.39, 0.29) is 41.2 Å². The van der Waals surface area contributed by atoms with E-state index in [0.29, 0.717) is 22.7 Å². The number of carbonyl (C=O) groups excluding carboxylic acids is 1. The van der Waals surface area contributed by atoms with Crippen LogP contribution in [-0.2, 0) is 14.8 Å². The van der Waals surface area contributed by atoms with E-state index in [0.717, 1.165) is 12.8 Å². The number of nitrogens with zero attached hydrogens (tertiary/aromatic N) is 1. The van der Waals surface area contributed by atoms with Gasteiger partial charge < -0.3 is 14.7 Å². The molecule has 0 bridgehead atoms. The smallest absolute Gasteiger partial charge is 0.340 e. The molecular weight excluding hydrogens is 456 g/mol. The fourth-order valence-corrected chi connectivity index (χ4v) is 5.62. The highest BCUT2D eigenvalue weighted by Gasteiger charge is 2.39. The standard InChI is InChI=1S/C21H25ClN4O5S/c1-3-8-31-21(28)16-10-23-19-18(16)15-9-14(6-7-17(15)24-20(19)27)32(29,30)26(13-4-5-13)11-12(2)25-22/h6-7,9-10,12-13,23,25H,3-5,8,11H2,1-2H3,(H,24,27)/t12-/m1/s1. The second kappa shape index (κ2) is 8.86. The lowest BCUT2D eigenvalue weighted by atomic mass is 10.1. The minimum absolute atomic E-state index is 0.0643. The quantitative estimate of drug-likeness (QED) is 0.319. The molecule has 0 unspecified atom stereocenters. The number of aromatic nitrogens is 2. The molecule has 1 aliphatic carbocycles. The maximum atomic E-state index is 13.5. The third-order valence-corrected chi connectivity index (χ3v) is 7.76. The summed E-state index contributed by atoms with van der Waals surface area (Å²) in [5.74, 6) is -0.570. The van der Waals surface area contributed by atoms with Gasteiger partial charge in [0.15, 0.2) is 0 Å². The summed E-state index contributed by atoms with van der Waals surface area (Å²) in [7, 11) is -3.83. The topological polar surface area (TPSA) is 124 Å². The number of aromatic amines is 2. The number of esters is 1. The summed E-state index contributed by atoms with van der Waals surface area (Å²) >= 11 is 5.69. The molecule has 11 heteroatoms. The van der Waals surface area contributed by atoms with Gasteiger partial charge in [-0.2, -0.15) is 4.31 Å². The van der Waals surface area contributed by atoms with Crippen LogP contribution in [0.15, 0.2) is 34.1 Å². The minimum atomic E-state index is -3.83. The number of H-pyrrole nitrogens is 2. The number of ether oxygens (including phenoxy) is 1. The van der Waals surface area contributed by atoms with Gasteiger partial charge in [-0.25, -0.2) is 18.0 Å². The molecule has 2 heterocycles. The van der Waals surface area contributed by atoms with E-state index in [2.05, 4.69) is 14.8 Å². The Morgan fingerprint density at radius 2 is 2.12 bits per heavy atom. The molecule has 0 spiro atoms. The Labute approximate surface area is 190 Å². The average molecular weight is 481 g/mol. The van der Waals surface area contributed by atoms with Gasteiger partial charge in [-0.1, -0.05) is 6.92 Å². The molecular formula is C21H25ClN4O5S. The molecule has 4 rings (SSSR count). The Morgan fingerprint density at radius 1 is 1.38 bits per heavy atom. The molecule has 1 fully saturated rings. The van der Waals surface area contributed by atoms with Crippen LogP contribution < -0.4 is 10.4 Å². The summed E-state index contributed by atoms with van der Waals surface area (Å²) in [5.41, 5.74) is 0.409. The van der Waals surface area contributed by atoms with E-state index in [4.69, 9.17) is 16.5 Å². The lowest BCUT2D eigenvalue weighted by Gasteiger charge is -2.24. The molecule has 9 nitrogen and oxygen atoms in total. The Balaban J connectivity index is 1.86.